The molecule has 1 rings (SSSR count). The minimum atomic E-state index is -3.24. The Kier molecular flexibility index (Phi) is 5.41. The zero-order chi connectivity index (χ0) is 16.4. The highest BCUT2D eigenvalue weighted by molar-refractivity contribution is 7.92. The van der Waals surface area contributed by atoms with Crippen LogP contribution in [0, 0.1) is 0 Å². The highest BCUT2D eigenvalue weighted by Crippen LogP contribution is 2.25. The molecule has 1 heterocycles. The van der Waals surface area contributed by atoms with Crippen molar-refractivity contribution in [1.29, 1.82) is 0 Å². The Bertz CT molecular complexity index is 509. The van der Waals surface area contributed by atoms with Crippen LogP contribution in [0.25, 0.3) is 0 Å². The molecule has 0 spiro atoms. The number of hydrogen-bond donors (Lipinski definition) is 1. The van der Waals surface area contributed by atoms with Gasteiger partial charge in [0.25, 0.3) is 0 Å². The van der Waals surface area contributed by atoms with Crippen LogP contribution in [0.4, 0.5) is 0 Å². The van der Waals surface area contributed by atoms with Gasteiger partial charge in [-0.05, 0) is 33.6 Å². The van der Waals surface area contributed by atoms with Crippen LogP contribution in [-0.4, -0.2) is 54.3 Å². The van der Waals surface area contributed by atoms with Crippen LogP contribution in [-0.2, 0) is 19.4 Å². The fraction of sp³-hybridized carbons (Fsp3) is 0.857. The lowest BCUT2D eigenvalue weighted by molar-refractivity contribution is -0.154. The van der Waals surface area contributed by atoms with Crippen molar-refractivity contribution in [2.75, 3.05) is 12.3 Å². The third kappa shape index (κ3) is 3.39. The first-order valence-corrected chi connectivity index (χ1v) is 9.17. The largest absolute Gasteiger partial charge is 0.340 e. The van der Waals surface area contributed by atoms with Crippen LogP contribution < -0.4 is 5.32 Å². The van der Waals surface area contributed by atoms with E-state index in [1.54, 1.807) is 20.8 Å². The van der Waals surface area contributed by atoms with Crippen molar-refractivity contribution < 1.29 is 18.0 Å². The summed E-state index contributed by atoms with van der Waals surface area (Å²) in [7, 11) is -3.24. The van der Waals surface area contributed by atoms with Gasteiger partial charge in [0.15, 0.2) is 9.84 Å². The second-order valence-corrected chi connectivity index (χ2v) is 8.55. The van der Waals surface area contributed by atoms with Gasteiger partial charge in [-0.25, -0.2) is 8.42 Å². The SMILES string of the molecule is CCC1(CC)NC(=O)C(C)N(CCS(=O)(=O)C(C)C)C1=O. The number of piperazine rings is 1. The number of nitrogens with zero attached hydrogens (tertiary/aromatic N) is 1. The number of carbonyl (C=O) groups excluding carboxylic acids is 2. The maximum absolute atomic E-state index is 12.7. The maximum Gasteiger partial charge on any atom is 0.249 e. The van der Waals surface area contributed by atoms with Crippen molar-refractivity contribution in [3.63, 3.8) is 0 Å². The first-order valence-electron chi connectivity index (χ1n) is 7.46. The van der Waals surface area contributed by atoms with Crippen LogP contribution in [0.5, 0.6) is 0 Å². The van der Waals surface area contributed by atoms with E-state index in [1.807, 2.05) is 13.8 Å². The van der Waals surface area contributed by atoms with E-state index in [-0.39, 0.29) is 24.1 Å². The van der Waals surface area contributed by atoms with Gasteiger partial charge >= 0.3 is 0 Å². The lowest BCUT2D eigenvalue weighted by Crippen LogP contribution is -2.69. The lowest BCUT2D eigenvalue weighted by atomic mass is 9.87. The first-order chi connectivity index (χ1) is 9.61. The van der Waals surface area contributed by atoms with Gasteiger partial charge in [-0.1, -0.05) is 13.8 Å². The zero-order valence-electron chi connectivity index (χ0n) is 13.5. The number of amides is 2. The molecule has 7 heteroatoms. The molecule has 0 aromatic carbocycles. The number of hydrogen-bond acceptors (Lipinski definition) is 4. The Hall–Kier alpha value is -1.11. The summed E-state index contributed by atoms with van der Waals surface area (Å²) in [4.78, 5) is 26.2. The Balaban J connectivity index is 2.98. The molecule has 1 unspecified atom stereocenters. The van der Waals surface area contributed by atoms with Gasteiger partial charge in [0, 0.05) is 6.54 Å². The fourth-order valence-corrected chi connectivity index (χ4v) is 3.39. The number of nitrogens with one attached hydrogen (secondary N) is 1. The van der Waals surface area contributed by atoms with Crippen LogP contribution in [0.1, 0.15) is 47.5 Å². The average molecular weight is 318 g/mol. The van der Waals surface area contributed by atoms with Crippen LogP contribution in [0.15, 0.2) is 0 Å². The summed E-state index contributed by atoms with van der Waals surface area (Å²) in [5, 5.41) is 2.32. The third-order valence-electron chi connectivity index (χ3n) is 4.42. The zero-order valence-corrected chi connectivity index (χ0v) is 14.3. The summed E-state index contributed by atoms with van der Waals surface area (Å²) >= 11 is 0. The summed E-state index contributed by atoms with van der Waals surface area (Å²) in [5.41, 5.74) is -0.898. The van der Waals surface area contributed by atoms with E-state index < -0.39 is 26.7 Å². The molecule has 1 aliphatic rings. The van der Waals surface area contributed by atoms with Crippen LogP contribution >= 0.6 is 0 Å². The summed E-state index contributed by atoms with van der Waals surface area (Å²) in [6.07, 6.45) is 0.989. The minimum Gasteiger partial charge on any atom is -0.340 e. The molecular weight excluding hydrogens is 292 g/mol. The predicted octanol–water partition coefficient (Wildman–Crippen LogP) is 0.715. The molecule has 2 amide bonds. The van der Waals surface area contributed by atoms with E-state index in [0.29, 0.717) is 12.8 Å². The quantitative estimate of drug-likeness (QED) is 0.782. The van der Waals surface area contributed by atoms with E-state index >= 15 is 0 Å². The molecule has 122 valence electrons. The molecule has 1 atom stereocenters. The van der Waals surface area contributed by atoms with Gasteiger partial charge in [-0.3, -0.25) is 9.59 Å². The van der Waals surface area contributed by atoms with Crippen LogP contribution in [0.3, 0.4) is 0 Å². The molecule has 0 saturated carbocycles. The monoisotopic (exact) mass is 318 g/mol. The Morgan fingerprint density at radius 3 is 2.19 bits per heavy atom. The molecule has 1 aliphatic heterocycles. The van der Waals surface area contributed by atoms with Crippen molar-refractivity contribution in [2.24, 2.45) is 0 Å². The molecular formula is C14H26N2O4S. The van der Waals surface area contributed by atoms with Crippen LogP contribution in [0.2, 0.25) is 0 Å². The molecule has 0 aromatic rings. The van der Waals surface area contributed by atoms with Gasteiger partial charge in [0.1, 0.15) is 11.6 Å². The molecule has 1 N–H and O–H groups in total. The topological polar surface area (TPSA) is 83.6 Å². The molecule has 1 fully saturated rings. The maximum atomic E-state index is 12.7. The molecule has 0 aromatic heterocycles. The van der Waals surface area contributed by atoms with Gasteiger partial charge in [-0.15, -0.1) is 0 Å². The molecule has 0 aliphatic carbocycles. The average Bonchev–Trinajstić information content (AvgIpc) is 2.42. The normalized spacial score (nSPS) is 22.6. The van der Waals surface area contributed by atoms with E-state index in [2.05, 4.69) is 5.32 Å². The second-order valence-electron chi connectivity index (χ2n) is 5.87. The standard InChI is InChI=1S/C14H26N2O4S/c1-6-14(7-2)13(18)16(11(5)12(17)15-14)8-9-21(19,20)10(3)4/h10-11H,6-9H2,1-5H3,(H,15,17). The van der Waals surface area contributed by atoms with Gasteiger partial charge in [0.2, 0.25) is 11.8 Å². The van der Waals surface area contributed by atoms with Crippen molar-refractivity contribution >= 4 is 21.7 Å². The molecule has 21 heavy (non-hydrogen) atoms. The minimum absolute atomic E-state index is 0.0652. The Morgan fingerprint density at radius 1 is 1.24 bits per heavy atom. The van der Waals surface area contributed by atoms with E-state index in [0.717, 1.165) is 0 Å². The fourth-order valence-electron chi connectivity index (χ4n) is 2.47. The highest BCUT2D eigenvalue weighted by atomic mass is 32.2. The number of rotatable bonds is 6. The van der Waals surface area contributed by atoms with Crippen molar-refractivity contribution in [3.05, 3.63) is 0 Å². The van der Waals surface area contributed by atoms with E-state index in [4.69, 9.17) is 0 Å². The second kappa shape index (κ2) is 6.34. The van der Waals surface area contributed by atoms with Gasteiger partial charge in [0.05, 0.1) is 11.0 Å². The Morgan fingerprint density at radius 2 is 1.76 bits per heavy atom. The number of carbonyl (C=O) groups is 2. The molecule has 6 nitrogen and oxygen atoms in total. The third-order valence-corrected chi connectivity index (χ3v) is 6.61. The van der Waals surface area contributed by atoms with E-state index in [9.17, 15) is 18.0 Å². The predicted molar refractivity (Wildman–Crippen MR) is 81.6 cm³/mol. The van der Waals surface area contributed by atoms with Crippen molar-refractivity contribution in [3.8, 4) is 0 Å². The molecule has 0 radical (unpaired) electrons. The number of sulfone groups is 1. The molecule has 1 saturated heterocycles. The highest BCUT2D eigenvalue weighted by Gasteiger charge is 2.47. The molecule has 0 bridgehead atoms. The summed E-state index contributed by atoms with van der Waals surface area (Å²) in [5.74, 6) is -0.517. The smallest absolute Gasteiger partial charge is 0.249 e. The summed E-state index contributed by atoms with van der Waals surface area (Å²) in [6, 6.07) is -0.633. The van der Waals surface area contributed by atoms with Crippen molar-refractivity contribution in [2.45, 2.75) is 64.3 Å². The first kappa shape index (κ1) is 17.9. The van der Waals surface area contributed by atoms with Gasteiger partial charge in [-0.2, -0.15) is 0 Å². The van der Waals surface area contributed by atoms with Crippen molar-refractivity contribution in [1.82, 2.24) is 10.2 Å². The summed E-state index contributed by atoms with van der Waals surface area (Å²) < 4.78 is 23.9. The van der Waals surface area contributed by atoms with Gasteiger partial charge < -0.3 is 10.2 Å². The summed E-state index contributed by atoms with van der Waals surface area (Å²) in [6.45, 7) is 8.62. The lowest BCUT2D eigenvalue weighted by Gasteiger charge is -2.44. The van der Waals surface area contributed by atoms with E-state index in [1.165, 1.54) is 4.90 Å². The Labute approximate surface area is 127 Å².